The molecule has 0 saturated carbocycles. The van der Waals surface area contributed by atoms with Crippen LogP contribution >= 0.6 is 0 Å². The smallest absolute Gasteiger partial charge is 0.360 e. The highest BCUT2D eigenvalue weighted by atomic mass is 16.6. The fourth-order valence-electron chi connectivity index (χ4n) is 1.32. The molecule has 1 rings (SSSR count). The number of carboxylic acids is 1. The summed E-state index contributed by atoms with van der Waals surface area (Å²) in [6, 6.07) is 8.22. The summed E-state index contributed by atoms with van der Waals surface area (Å²) in [5, 5.41) is 34.8. The number of guanidine groups is 1. The van der Waals surface area contributed by atoms with Crippen LogP contribution in [0.1, 0.15) is 5.56 Å². The van der Waals surface area contributed by atoms with Gasteiger partial charge in [-0.1, -0.05) is 30.3 Å². The van der Waals surface area contributed by atoms with Crippen LogP contribution in [0.3, 0.4) is 0 Å². The summed E-state index contributed by atoms with van der Waals surface area (Å²) < 4.78 is 0. The normalized spacial score (nSPS) is 13.8. The first-order valence-corrected chi connectivity index (χ1v) is 4.71. The molecule has 0 bridgehead atoms. The van der Waals surface area contributed by atoms with Gasteiger partial charge in [0, 0.05) is 6.42 Å². The summed E-state index contributed by atoms with van der Waals surface area (Å²) in [6.07, 6.45) is -0.404. The molecular weight excluding hydrogens is 226 g/mol. The van der Waals surface area contributed by atoms with Crippen LogP contribution < -0.4 is 5.73 Å². The molecule has 0 heterocycles. The molecule has 0 radical (unpaired) electrons. The number of hydrogen-bond acceptors (Lipinski definition) is 4. The zero-order valence-electron chi connectivity index (χ0n) is 8.87. The van der Waals surface area contributed by atoms with Crippen molar-refractivity contribution in [3.63, 3.8) is 0 Å². The quantitative estimate of drug-likeness (QED) is 0.210. The molecule has 0 unspecified atom stereocenters. The number of aliphatic carboxylic acids is 1. The zero-order chi connectivity index (χ0) is 13.1. The molecule has 0 aliphatic carbocycles. The van der Waals surface area contributed by atoms with E-state index in [0.29, 0.717) is 5.56 Å². The van der Waals surface area contributed by atoms with Crippen molar-refractivity contribution < 1.29 is 20.2 Å². The van der Waals surface area contributed by atoms with Crippen molar-refractivity contribution in [3.05, 3.63) is 35.9 Å². The first-order valence-electron chi connectivity index (χ1n) is 4.71. The van der Waals surface area contributed by atoms with Gasteiger partial charge in [-0.25, -0.2) is 4.79 Å². The van der Waals surface area contributed by atoms with Gasteiger partial charge in [-0.3, -0.25) is 10.6 Å². The van der Waals surface area contributed by atoms with E-state index in [1.54, 1.807) is 30.3 Å². The molecule has 6 N–H and O–H groups in total. The fraction of sp³-hybridized carbons (Fsp3) is 0.200. The molecule has 17 heavy (non-hydrogen) atoms. The zero-order valence-corrected chi connectivity index (χ0v) is 8.87. The van der Waals surface area contributed by atoms with Crippen molar-refractivity contribution >= 4 is 11.9 Å². The third-order valence-electron chi connectivity index (χ3n) is 2.21. The van der Waals surface area contributed by atoms with Gasteiger partial charge in [0.1, 0.15) is 0 Å². The maximum absolute atomic E-state index is 11.0. The van der Waals surface area contributed by atoms with Gasteiger partial charge in [0.05, 0.1) is 0 Å². The Labute approximate surface area is 97.2 Å². The Balaban J connectivity index is 3.02. The van der Waals surface area contributed by atoms with Crippen molar-refractivity contribution in [2.45, 2.75) is 12.1 Å². The molecular formula is C10H13N3O4. The van der Waals surface area contributed by atoms with E-state index in [1.807, 2.05) is 0 Å². The van der Waals surface area contributed by atoms with Crippen molar-refractivity contribution in [3.8, 4) is 0 Å². The standard InChI is InChI=1S/C10H13N3O4/c11-9(12)13(17)10(16,8(14)15)6-7-4-2-1-3-5-7/h1-5,16-17H,6H2,(H3,11,12)(H,14,15)/t10-/m1/s1. The minimum absolute atomic E-state index is 0.178. The van der Waals surface area contributed by atoms with E-state index in [1.165, 1.54) is 0 Å². The van der Waals surface area contributed by atoms with E-state index < -0.39 is 24.1 Å². The predicted molar refractivity (Wildman–Crippen MR) is 58.3 cm³/mol. The van der Waals surface area contributed by atoms with Gasteiger partial charge in [0.25, 0.3) is 5.72 Å². The number of benzene rings is 1. The van der Waals surface area contributed by atoms with Crippen molar-refractivity contribution in [2.24, 2.45) is 5.73 Å². The highest BCUT2D eigenvalue weighted by Crippen LogP contribution is 2.17. The average molecular weight is 239 g/mol. The van der Waals surface area contributed by atoms with E-state index in [-0.39, 0.29) is 5.06 Å². The Morgan fingerprint density at radius 3 is 2.35 bits per heavy atom. The highest BCUT2D eigenvalue weighted by Gasteiger charge is 2.43. The summed E-state index contributed by atoms with van der Waals surface area (Å²) in [5.74, 6) is -2.65. The molecule has 7 nitrogen and oxygen atoms in total. The second-order valence-electron chi connectivity index (χ2n) is 3.48. The Kier molecular flexibility index (Phi) is 3.66. The Bertz CT molecular complexity index is 423. The molecule has 1 aromatic carbocycles. The number of aliphatic hydroxyl groups is 1. The van der Waals surface area contributed by atoms with Gasteiger partial charge < -0.3 is 15.9 Å². The molecule has 92 valence electrons. The molecule has 0 amide bonds. The van der Waals surface area contributed by atoms with Gasteiger partial charge in [-0.15, -0.1) is 0 Å². The predicted octanol–water partition coefficient (Wildman–Crippen LogP) is -0.413. The fourth-order valence-corrected chi connectivity index (χ4v) is 1.32. The number of rotatable bonds is 4. The average Bonchev–Trinajstić information content (AvgIpc) is 2.28. The minimum Gasteiger partial charge on any atom is -0.478 e. The number of carbonyl (C=O) groups is 1. The minimum atomic E-state index is -2.66. The second kappa shape index (κ2) is 4.81. The monoisotopic (exact) mass is 239 g/mol. The SMILES string of the molecule is N=C(N)N(O)[C@@](O)(Cc1ccccc1)C(=O)O. The van der Waals surface area contributed by atoms with Crippen LogP contribution in [-0.4, -0.2) is 38.1 Å². The summed E-state index contributed by atoms with van der Waals surface area (Å²) in [4.78, 5) is 11.0. The van der Waals surface area contributed by atoms with Crippen LogP contribution in [0.25, 0.3) is 0 Å². The van der Waals surface area contributed by atoms with Gasteiger partial charge in [-0.05, 0) is 5.56 Å². The highest BCUT2D eigenvalue weighted by molar-refractivity contribution is 5.84. The lowest BCUT2D eigenvalue weighted by Crippen LogP contribution is -2.58. The first kappa shape index (κ1) is 12.9. The van der Waals surface area contributed by atoms with Crippen molar-refractivity contribution in [2.75, 3.05) is 0 Å². The number of nitrogens with one attached hydrogen (secondary N) is 1. The topological polar surface area (TPSA) is 131 Å². The largest absolute Gasteiger partial charge is 0.478 e. The first-order chi connectivity index (χ1) is 7.88. The lowest BCUT2D eigenvalue weighted by Gasteiger charge is -2.31. The summed E-state index contributed by atoms with van der Waals surface area (Å²) >= 11 is 0. The van der Waals surface area contributed by atoms with Gasteiger partial charge in [0.15, 0.2) is 0 Å². The molecule has 0 saturated heterocycles. The number of hydroxylamine groups is 2. The van der Waals surface area contributed by atoms with E-state index in [0.717, 1.165) is 0 Å². The van der Waals surface area contributed by atoms with Crippen LogP contribution in [0.4, 0.5) is 0 Å². The van der Waals surface area contributed by atoms with Crippen molar-refractivity contribution in [1.29, 1.82) is 5.41 Å². The molecule has 0 spiro atoms. The van der Waals surface area contributed by atoms with Gasteiger partial charge in [-0.2, -0.15) is 5.06 Å². The van der Waals surface area contributed by atoms with Crippen LogP contribution in [0.15, 0.2) is 30.3 Å². The molecule has 7 heteroatoms. The van der Waals surface area contributed by atoms with E-state index >= 15 is 0 Å². The molecule has 0 aliphatic heterocycles. The Morgan fingerprint density at radius 2 is 1.94 bits per heavy atom. The molecule has 0 aliphatic rings. The molecule has 0 aromatic heterocycles. The van der Waals surface area contributed by atoms with Crippen LogP contribution in [0, 0.1) is 5.41 Å². The van der Waals surface area contributed by atoms with E-state index in [4.69, 9.17) is 16.2 Å². The third-order valence-corrected chi connectivity index (χ3v) is 2.21. The molecule has 1 atom stereocenters. The second-order valence-corrected chi connectivity index (χ2v) is 3.48. The summed E-state index contributed by atoms with van der Waals surface area (Å²) in [7, 11) is 0. The Hall–Kier alpha value is -2.12. The summed E-state index contributed by atoms with van der Waals surface area (Å²) in [5.41, 5.74) is 2.77. The third kappa shape index (κ3) is 2.71. The number of nitrogens with zero attached hydrogens (tertiary/aromatic N) is 1. The Morgan fingerprint density at radius 1 is 1.41 bits per heavy atom. The number of nitrogens with two attached hydrogens (primary N) is 1. The van der Waals surface area contributed by atoms with Crippen molar-refractivity contribution in [1.82, 2.24) is 5.06 Å². The van der Waals surface area contributed by atoms with Gasteiger partial charge >= 0.3 is 5.97 Å². The van der Waals surface area contributed by atoms with Crippen LogP contribution in [0.2, 0.25) is 0 Å². The van der Waals surface area contributed by atoms with Gasteiger partial charge in [0.2, 0.25) is 5.96 Å². The molecule has 1 aromatic rings. The lowest BCUT2D eigenvalue weighted by atomic mass is 10.0. The molecule has 0 fully saturated rings. The summed E-state index contributed by atoms with van der Waals surface area (Å²) in [6.45, 7) is 0. The van der Waals surface area contributed by atoms with E-state index in [9.17, 15) is 15.1 Å². The maximum Gasteiger partial charge on any atom is 0.360 e. The number of hydrogen-bond donors (Lipinski definition) is 5. The van der Waals surface area contributed by atoms with E-state index in [2.05, 4.69) is 0 Å². The maximum atomic E-state index is 11.0. The van der Waals surface area contributed by atoms with Crippen LogP contribution in [0.5, 0.6) is 0 Å². The number of carboxylic acid groups (broad SMARTS) is 1. The van der Waals surface area contributed by atoms with Crippen LogP contribution in [-0.2, 0) is 11.2 Å². The lowest BCUT2D eigenvalue weighted by molar-refractivity contribution is -0.227.